The summed E-state index contributed by atoms with van der Waals surface area (Å²) in [6, 6.07) is 2.30. The van der Waals surface area contributed by atoms with Crippen LogP contribution in [-0.2, 0) is 0 Å². The van der Waals surface area contributed by atoms with Gasteiger partial charge in [-0.3, -0.25) is 0 Å². The quantitative estimate of drug-likeness (QED) is 0.626. The van der Waals surface area contributed by atoms with E-state index in [0.29, 0.717) is 5.92 Å². The molecule has 0 amide bonds. The summed E-state index contributed by atoms with van der Waals surface area (Å²) in [5.41, 5.74) is 0. The van der Waals surface area contributed by atoms with Gasteiger partial charge < -0.3 is 0 Å². The molecule has 2 heteroatoms. The average Bonchev–Trinajstić information content (AvgIpc) is 1.91. The van der Waals surface area contributed by atoms with Gasteiger partial charge in [0.05, 0.1) is 11.3 Å². The Bertz CT molecular complexity index is 117. The fourth-order valence-electron chi connectivity index (χ4n) is 1.02. The van der Waals surface area contributed by atoms with Gasteiger partial charge in [-0.25, -0.2) is 0 Å². The van der Waals surface area contributed by atoms with Crippen LogP contribution >= 0.6 is 11.8 Å². The highest BCUT2D eigenvalue weighted by molar-refractivity contribution is 7.99. The Morgan fingerprint density at radius 1 is 1.60 bits per heavy atom. The molecule has 0 rings (SSSR count). The van der Waals surface area contributed by atoms with Crippen LogP contribution in [0, 0.1) is 17.2 Å². The molecule has 0 aromatic rings. The number of hydrogen-bond donors (Lipinski definition) is 0. The van der Waals surface area contributed by atoms with Crippen molar-refractivity contribution in [3.05, 3.63) is 0 Å². The number of hydrogen-bond acceptors (Lipinski definition) is 2. The van der Waals surface area contributed by atoms with E-state index in [-0.39, 0.29) is 5.25 Å². The van der Waals surface area contributed by atoms with E-state index in [4.69, 9.17) is 5.26 Å². The van der Waals surface area contributed by atoms with Crippen LogP contribution in [0.25, 0.3) is 0 Å². The minimum atomic E-state index is 0.194. The van der Waals surface area contributed by atoms with Crippen molar-refractivity contribution in [2.75, 3.05) is 6.26 Å². The van der Waals surface area contributed by atoms with E-state index in [9.17, 15) is 0 Å². The van der Waals surface area contributed by atoms with E-state index in [0.717, 1.165) is 0 Å². The van der Waals surface area contributed by atoms with Crippen LogP contribution in [0.3, 0.4) is 0 Å². The Labute approximate surface area is 67.8 Å². The summed E-state index contributed by atoms with van der Waals surface area (Å²) in [5, 5.41) is 8.85. The maximum absolute atomic E-state index is 8.65. The summed E-state index contributed by atoms with van der Waals surface area (Å²) in [7, 11) is 0. The zero-order chi connectivity index (χ0) is 7.98. The van der Waals surface area contributed by atoms with E-state index in [1.807, 2.05) is 6.26 Å². The van der Waals surface area contributed by atoms with Crippen LogP contribution < -0.4 is 0 Å². The third kappa shape index (κ3) is 3.12. The van der Waals surface area contributed by atoms with Crippen LogP contribution in [0.1, 0.15) is 26.7 Å². The summed E-state index contributed by atoms with van der Waals surface area (Å²) >= 11 is 1.66. The van der Waals surface area contributed by atoms with Crippen molar-refractivity contribution in [2.24, 2.45) is 5.92 Å². The van der Waals surface area contributed by atoms with Gasteiger partial charge in [-0.2, -0.15) is 5.26 Å². The maximum Gasteiger partial charge on any atom is 0.0939 e. The van der Waals surface area contributed by atoms with Crippen molar-refractivity contribution < 1.29 is 0 Å². The minimum absolute atomic E-state index is 0.194. The molecule has 58 valence electrons. The molecule has 0 saturated carbocycles. The smallest absolute Gasteiger partial charge is 0.0939 e. The monoisotopic (exact) mass is 157 g/mol. The Kier molecular flexibility index (Phi) is 5.52. The predicted octanol–water partition coefficient (Wildman–Crippen LogP) is 2.68. The lowest BCUT2D eigenvalue weighted by atomic mass is 10.0. The largest absolute Gasteiger partial charge is 0.197 e. The first-order valence-corrected chi connectivity index (χ1v) is 4.97. The SMILES string of the molecule is CCCC(C)C(C#N)SC. The van der Waals surface area contributed by atoms with Gasteiger partial charge in [0.25, 0.3) is 0 Å². The van der Waals surface area contributed by atoms with Gasteiger partial charge in [0.2, 0.25) is 0 Å². The minimum Gasteiger partial charge on any atom is -0.197 e. The number of nitriles is 1. The lowest BCUT2D eigenvalue weighted by Crippen LogP contribution is -2.10. The van der Waals surface area contributed by atoms with Gasteiger partial charge >= 0.3 is 0 Å². The summed E-state index contributed by atoms with van der Waals surface area (Å²) in [4.78, 5) is 0. The third-order valence-electron chi connectivity index (χ3n) is 1.64. The summed E-state index contributed by atoms with van der Waals surface area (Å²) in [6.45, 7) is 4.30. The molecule has 10 heavy (non-hydrogen) atoms. The van der Waals surface area contributed by atoms with Crippen LogP contribution in [0.4, 0.5) is 0 Å². The number of rotatable bonds is 4. The van der Waals surface area contributed by atoms with Crippen LogP contribution in [0.2, 0.25) is 0 Å². The Morgan fingerprint density at radius 3 is 2.50 bits per heavy atom. The lowest BCUT2D eigenvalue weighted by Gasteiger charge is -2.13. The Morgan fingerprint density at radius 2 is 2.20 bits per heavy atom. The fraction of sp³-hybridized carbons (Fsp3) is 0.875. The van der Waals surface area contributed by atoms with Crippen molar-refractivity contribution in [3.63, 3.8) is 0 Å². The topological polar surface area (TPSA) is 23.8 Å². The van der Waals surface area contributed by atoms with Crippen LogP contribution in [-0.4, -0.2) is 11.5 Å². The van der Waals surface area contributed by atoms with Crippen molar-refractivity contribution in [1.82, 2.24) is 0 Å². The van der Waals surface area contributed by atoms with E-state index >= 15 is 0 Å². The van der Waals surface area contributed by atoms with Gasteiger partial charge in [0, 0.05) is 0 Å². The van der Waals surface area contributed by atoms with Gasteiger partial charge in [0.1, 0.15) is 0 Å². The van der Waals surface area contributed by atoms with Gasteiger partial charge in [-0.1, -0.05) is 20.3 Å². The molecule has 0 aromatic carbocycles. The predicted molar refractivity (Wildman–Crippen MR) is 47.0 cm³/mol. The van der Waals surface area contributed by atoms with E-state index < -0.39 is 0 Å². The highest BCUT2D eigenvalue weighted by atomic mass is 32.2. The summed E-state index contributed by atoms with van der Waals surface area (Å²) < 4.78 is 0. The standard InChI is InChI=1S/C8H15NS/c1-4-5-7(2)8(6-9)10-3/h7-8H,4-5H2,1-3H3. The molecule has 0 saturated heterocycles. The van der Waals surface area contributed by atoms with Gasteiger partial charge in [-0.15, -0.1) is 11.8 Å². The molecule has 0 aliphatic heterocycles. The molecule has 2 atom stereocenters. The normalized spacial score (nSPS) is 15.8. The molecule has 0 N–H and O–H groups in total. The van der Waals surface area contributed by atoms with Crippen molar-refractivity contribution >= 4 is 11.8 Å². The molecule has 0 bridgehead atoms. The van der Waals surface area contributed by atoms with Crippen molar-refractivity contribution in [1.29, 1.82) is 5.26 Å². The molecular formula is C8H15NS. The number of thioether (sulfide) groups is 1. The van der Waals surface area contributed by atoms with Crippen LogP contribution in [0.5, 0.6) is 0 Å². The molecule has 0 aliphatic carbocycles. The maximum atomic E-state index is 8.65. The second-order valence-electron chi connectivity index (χ2n) is 2.55. The second kappa shape index (κ2) is 5.61. The highest BCUT2D eigenvalue weighted by Gasteiger charge is 2.13. The first kappa shape index (κ1) is 9.84. The zero-order valence-corrected chi connectivity index (χ0v) is 7.74. The van der Waals surface area contributed by atoms with E-state index in [1.165, 1.54) is 12.8 Å². The molecule has 0 fully saturated rings. The second-order valence-corrected chi connectivity index (χ2v) is 3.53. The Hall–Kier alpha value is -0.160. The number of nitrogens with zero attached hydrogens (tertiary/aromatic N) is 1. The van der Waals surface area contributed by atoms with Gasteiger partial charge in [-0.05, 0) is 18.6 Å². The lowest BCUT2D eigenvalue weighted by molar-refractivity contribution is 0.547. The summed E-state index contributed by atoms with van der Waals surface area (Å²) in [6.07, 6.45) is 4.35. The molecule has 0 heterocycles. The molecule has 0 aliphatic rings. The van der Waals surface area contributed by atoms with Crippen LogP contribution in [0.15, 0.2) is 0 Å². The molecule has 0 aromatic heterocycles. The van der Waals surface area contributed by atoms with Gasteiger partial charge in [0.15, 0.2) is 0 Å². The summed E-state index contributed by atoms with van der Waals surface area (Å²) in [5.74, 6) is 0.546. The van der Waals surface area contributed by atoms with Crippen molar-refractivity contribution in [3.8, 4) is 6.07 Å². The molecule has 2 unspecified atom stereocenters. The third-order valence-corrected chi connectivity index (χ3v) is 2.72. The first-order valence-electron chi connectivity index (χ1n) is 3.68. The first-order chi connectivity index (χ1) is 4.76. The van der Waals surface area contributed by atoms with E-state index in [2.05, 4.69) is 19.9 Å². The molecule has 1 nitrogen and oxygen atoms in total. The van der Waals surface area contributed by atoms with Crippen molar-refractivity contribution in [2.45, 2.75) is 31.9 Å². The molecule has 0 radical (unpaired) electrons. The highest BCUT2D eigenvalue weighted by Crippen LogP contribution is 2.19. The molecule has 0 spiro atoms. The zero-order valence-electron chi connectivity index (χ0n) is 6.92. The van der Waals surface area contributed by atoms with E-state index in [1.54, 1.807) is 11.8 Å². The molecular weight excluding hydrogens is 142 g/mol. The fourth-order valence-corrected chi connectivity index (χ4v) is 1.73. The average molecular weight is 157 g/mol. The Balaban J connectivity index is 3.67.